The zero-order valence-corrected chi connectivity index (χ0v) is 19.4. The van der Waals surface area contributed by atoms with Crippen LogP contribution in [0.4, 0.5) is 4.39 Å². The molecule has 3 aromatic rings. The molecule has 0 bridgehead atoms. The Hall–Kier alpha value is -2.82. The van der Waals surface area contributed by atoms with Gasteiger partial charge in [-0.2, -0.15) is 0 Å². The highest BCUT2D eigenvalue weighted by Gasteiger charge is 2.35. The van der Waals surface area contributed by atoms with Crippen LogP contribution in [0.25, 0.3) is 0 Å². The van der Waals surface area contributed by atoms with E-state index in [1.54, 1.807) is 19.2 Å². The summed E-state index contributed by atoms with van der Waals surface area (Å²) in [4.78, 5) is 2.52. The Morgan fingerprint density at radius 1 is 1.03 bits per heavy atom. The van der Waals surface area contributed by atoms with Crippen molar-refractivity contribution in [2.45, 2.75) is 31.8 Å². The lowest BCUT2D eigenvalue weighted by Gasteiger charge is -2.42. The van der Waals surface area contributed by atoms with Gasteiger partial charge in [-0.3, -0.25) is 4.90 Å². The molecule has 0 N–H and O–H groups in total. The van der Waals surface area contributed by atoms with Crippen molar-refractivity contribution in [2.24, 2.45) is 0 Å². The monoisotopic (exact) mass is 465 g/mol. The Bertz CT molecular complexity index is 1220. The number of hydrogen-bond acceptors (Lipinski definition) is 5. The molecule has 5 nitrogen and oxygen atoms in total. The first-order chi connectivity index (χ1) is 16.2. The fourth-order valence-electron chi connectivity index (χ4n) is 5.20. The molecular weight excluding hydrogens is 440 g/mol. The van der Waals surface area contributed by atoms with Crippen LogP contribution in [0, 0.1) is 5.82 Å². The van der Waals surface area contributed by atoms with Gasteiger partial charge in [0.15, 0.2) is 11.5 Å². The van der Waals surface area contributed by atoms with Crippen LogP contribution >= 0.6 is 9.03 Å². The molecule has 0 aliphatic carbocycles. The van der Waals surface area contributed by atoms with Crippen LogP contribution in [0.5, 0.6) is 23.0 Å². The standard InChI is InChI=1S/C26H25FNO4P/c1-29-24-6-5-16-12-23-21-14-25-18(8-10-30-25)11-17(21)7-9-28(23)15-22(16)26(24)32-33-31-20-4-2-3-19(27)13-20/h2-6,11,13-14,23,33H,7-10,12,15H2,1H3. The number of methoxy groups -OCH3 is 1. The highest BCUT2D eigenvalue weighted by molar-refractivity contribution is 7.27. The lowest BCUT2D eigenvalue weighted by Crippen LogP contribution is -2.39. The van der Waals surface area contributed by atoms with E-state index < -0.39 is 0 Å². The van der Waals surface area contributed by atoms with Crippen molar-refractivity contribution in [1.29, 1.82) is 0 Å². The molecule has 33 heavy (non-hydrogen) atoms. The Kier molecular flexibility index (Phi) is 5.35. The predicted molar refractivity (Wildman–Crippen MR) is 125 cm³/mol. The van der Waals surface area contributed by atoms with Crippen LogP contribution in [-0.4, -0.2) is 25.2 Å². The summed E-state index contributed by atoms with van der Waals surface area (Å²) in [6.07, 6.45) is 2.97. The second-order valence-corrected chi connectivity index (χ2v) is 9.25. The van der Waals surface area contributed by atoms with E-state index in [2.05, 4.69) is 23.1 Å². The summed E-state index contributed by atoms with van der Waals surface area (Å²) in [5, 5.41) is 0. The minimum Gasteiger partial charge on any atom is -0.493 e. The van der Waals surface area contributed by atoms with Crippen molar-refractivity contribution in [1.82, 2.24) is 4.90 Å². The molecule has 3 aromatic carbocycles. The first kappa shape index (κ1) is 20.8. The Morgan fingerprint density at radius 2 is 1.97 bits per heavy atom. The van der Waals surface area contributed by atoms with Crippen molar-refractivity contribution >= 4 is 9.03 Å². The van der Waals surface area contributed by atoms with Gasteiger partial charge >= 0.3 is 0 Å². The van der Waals surface area contributed by atoms with Gasteiger partial charge in [-0.25, -0.2) is 4.39 Å². The van der Waals surface area contributed by atoms with Crippen LogP contribution in [0.1, 0.15) is 33.9 Å². The van der Waals surface area contributed by atoms with Crippen LogP contribution in [0.3, 0.4) is 0 Å². The Labute approximate surface area is 194 Å². The van der Waals surface area contributed by atoms with Gasteiger partial charge in [0, 0.05) is 37.2 Å². The van der Waals surface area contributed by atoms with Gasteiger partial charge in [0.1, 0.15) is 17.3 Å². The second kappa shape index (κ2) is 8.51. The first-order valence-electron chi connectivity index (χ1n) is 11.2. The maximum absolute atomic E-state index is 13.4. The molecule has 0 saturated heterocycles. The fourth-order valence-corrected chi connectivity index (χ4v) is 5.77. The van der Waals surface area contributed by atoms with Crippen molar-refractivity contribution in [3.05, 3.63) is 82.2 Å². The number of benzene rings is 3. The largest absolute Gasteiger partial charge is 0.493 e. The van der Waals surface area contributed by atoms with Gasteiger partial charge in [-0.05, 0) is 59.4 Å². The van der Waals surface area contributed by atoms with E-state index in [1.807, 2.05) is 6.07 Å². The molecule has 3 heterocycles. The molecule has 3 aliphatic rings. The number of hydrogen-bond donors (Lipinski definition) is 0. The van der Waals surface area contributed by atoms with Gasteiger partial charge in [0.2, 0.25) is 0 Å². The average Bonchev–Trinajstić information content (AvgIpc) is 3.29. The summed E-state index contributed by atoms with van der Waals surface area (Å²) in [5.41, 5.74) is 6.60. The third-order valence-electron chi connectivity index (χ3n) is 6.83. The van der Waals surface area contributed by atoms with E-state index in [1.165, 1.54) is 34.4 Å². The molecule has 6 rings (SSSR count). The van der Waals surface area contributed by atoms with Crippen molar-refractivity contribution in [2.75, 3.05) is 20.3 Å². The van der Waals surface area contributed by atoms with Crippen molar-refractivity contribution < 1.29 is 22.9 Å². The Morgan fingerprint density at radius 3 is 2.85 bits per heavy atom. The number of fused-ring (bicyclic) bond motifs is 5. The van der Waals surface area contributed by atoms with E-state index in [0.29, 0.717) is 23.3 Å². The van der Waals surface area contributed by atoms with Crippen LogP contribution in [0.2, 0.25) is 0 Å². The molecule has 2 atom stereocenters. The average molecular weight is 465 g/mol. The lowest BCUT2D eigenvalue weighted by molar-refractivity contribution is 0.159. The quantitative estimate of drug-likeness (QED) is 0.473. The summed E-state index contributed by atoms with van der Waals surface area (Å²) in [7, 11) is 1.34. The second-order valence-electron chi connectivity index (χ2n) is 8.68. The smallest absolute Gasteiger partial charge is 0.275 e. The van der Waals surface area contributed by atoms with Gasteiger partial charge in [-0.15, -0.1) is 0 Å². The number of nitrogens with zero attached hydrogens (tertiary/aromatic N) is 1. The molecule has 170 valence electrons. The zero-order valence-electron chi connectivity index (χ0n) is 18.4. The molecular formula is C26H25FNO4P. The molecule has 0 aromatic heterocycles. The normalized spacial score (nSPS) is 18.8. The molecule has 0 spiro atoms. The van der Waals surface area contributed by atoms with E-state index in [-0.39, 0.29) is 14.9 Å². The summed E-state index contributed by atoms with van der Waals surface area (Å²) in [5.74, 6) is 2.56. The third-order valence-corrected chi connectivity index (χ3v) is 7.44. The minimum atomic E-state index is -0.334. The summed E-state index contributed by atoms with van der Waals surface area (Å²) < 4.78 is 36.7. The summed E-state index contributed by atoms with van der Waals surface area (Å²) >= 11 is 0. The van der Waals surface area contributed by atoms with Gasteiger partial charge in [0.25, 0.3) is 9.03 Å². The minimum absolute atomic E-state index is 0.302. The highest BCUT2D eigenvalue weighted by Crippen LogP contribution is 2.46. The third kappa shape index (κ3) is 3.81. The lowest BCUT2D eigenvalue weighted by atomic mass is 9.83. The molecule has 7 heteroatoms. The van der Waals surface area contributed by atoms with Gasteiger partial charge in [0.05, 0.1) is 13.7 Å². The molecule has 3 aliphatic heterocycles. The number of halogens is 1. The number of rotatable bonds is 5. The Balaban J connectivity index is 1.27. The summed E-state index contributed by atoms with van der Waals surface area (Å²) in [6.45, 7) is 2.58. The maximum Gasteiger partial charge on any atom is 0.275 e. The molecule has 0 amide bonds. The number of ether oxygens (including phenoxy) is 2. The van der Waals surface area contributed by atoms with Crippen molar-refractivity contribution in [3.63, 3.8) is 0 Å². The zero-order chi connectivity index (χ0) is 22.4. The van der Waals surface area contributed by atoms with Gasteiger partial charge < -0.3 is 18.5 Å². The molecule has 0 saturated carbocycles. The highest BCUT2D eigenvalue weighted by atomic mass is 31.1. The van der Waals surface area contributed by atoms with Crippen LogP contribution < -0.4 is 18.5 Å². The van der Waals surface area contributed by atoms with E-state index in [0.717, 1.165) is 50.3 Å². The van der Waals surface area contributed by atoms with Crippen LogP contribution in [0.15, 0.2) is 48.5 Å². The van der Waals surface area contributed by atoms with E-state index in [9.17, 15) is 4.39 Å². The van der Waals surface area contributed by atoms with Crippen LogP contribution in [-0.2, 0) is 25.8 Å². The first-order valence-corrected chi connectivity index (χ1v) is 12.1. The summed E-state index contributed by atoms with van der Waals surface area (Å²) in [6, 6.07) is 15.2. The molecule has 2 unspecified atom stereocenters. The van der Waals surface area contributed by atoms with Gasteiger partial charge in [-0.1, -0.05) is 18.2 Å². The van der Waals surface area contributed by atoms with E-state index >= 15 is 0 Å². The molecule has 0 fully saturated rings. The van der Waals surface area contributed by atoms with E-state index in [4.69, 9.17) is 18.5 Å². The predicted octanol–water partition coefficient (Wildman–Crippen LogP) is 5.39. The topological polar surface area (TPSA) is 40.2 Å². The maximum atomic E-state index is 13.4. The molecule has 0 radical (unpaired) electrons. The van der Waals surface area contributed by atoms with Crippen molar-refractivity contribution in [3.8, 4) is 23.0 Å². The SMILES string of the molecule is COc1ccc2c(c1OPOc1cccc(F)c1)CN1CCc3cc4c(cc3C1C2)OCC4. The fraction of sp³-hybridized carbons (Fsp3) is 0.308.